The van der Waals surface area contributed by atoms with Gasteiger partial charge in [-0.05, 0) is 38.0 Å². The monoisotopic (exact) mass is 436 g/mol. The molecule has 0 saturated carbocycles. The number of hydrogen-bond acceptors (Lipinski definition) is 6. The average molecular weight is 436 g/mol. The summed E-state index contributed by atoms with van der Waals surface area (Å²) in [5.41, 5.74) is -0.573. The highest BCUT2D eigenvalue weighted by Gasteiger charge is 2.30. The lowest BCUT2D eigenvalue weighted by Gasteiger charge is -2.19. The van der Waals surface area contributed by atoms with Crippen LogP contribution in [0, 0.1) is 0 Å². The number of carbonyl (C=O) groups is 1. The third kappa shape index (κ3) is 4.97. The Kier molecular flexibility index (Phi) is 6.73. The van der Waals surface area contributed by atoms with Crippen LogP contribution in [-0.2, 0) is 21.4 Å². The number of aromatic amines is 1. The summed E-state index contributed by atoms with van der Waals surface area (Å²) in [5.74, 6) is -0.198. The zero-order chi connectivity index (χ0) is 21.7. The van der Waals surface area contributed by atoms with Crippen LogP contribution in [0.3, 0.4) is 0 Å². The minimum absolute atomic E-state index is 0.00709. The normalized spacial score (nSPS) is 14.6. The Bertz CT molecular complexity index is 1130. The van der Waals surface area contributed by atoms with Crippen LogP contribution in [0.5, 0.6) is 5.75 Å². The summed E-state index contributed by atoms with van der Waals surface area (Å²) in [6.45, 7) is 2.95. The molecule has 0 bridgehead atoms. The van der Waals surface area contributed by atoms with E-state index in [1.54, 1.807) is 13.0 Å². The van der Waals surface area contributed by atoms with Crippen molar-refractivity contribution < 1.29 is 17.9 Å². The molecule has 0 atom stereocenters. The number of ether oxygens (including phenoxy) is 1. The number of aryl methyl sites for hydroxylation is 1. The van der Waals surface area contributed by atoms with E-state index in [0.717, 1.165) is 29.7 Å². The summed E-state index contributed by atoms with van der Waals surface area (Å²) in [5, 5.41) is 4.98. The minimum atomic E-state index is -3.74. The van der Waals surface area contributed by atoms with Gasteiger partial charge in [0.1, 0.15) is 10.6 Å². The molecule has 1 amide bonds. The van der Waals surface area contributed by atoms with Gasteiger partial charge < -0.3 is 10.1 Å². The van der Waals surface area contributed by atoms with E-state index in [1.165, 1.54) is 16.4 Å². The maximum Gasteiger partial charge on any atom is 0.265 e. The van der Waals surface area contributed by atoms with E-state index in [1.807, 2.05) is 0 Å². The van der Waals surface area contributed by atoms with Gasteiger partial charge in [0.25, 0.3) is 11.1 Å². The smallest absolute Gasteiger partial charge is 0.265 e. The number of hydrogen-bond donors (Lipinski definition) is 2. The molecule has 3 rings (SSSR count). The van der Waals surface area contributed by atoms with Gasteiger partial charge in [0, 0.05) is 37.3 Å². The fourth-order valence-corrected chi connectivity index (χ4v) is 4.87. The van der Waals surface area contributed by atoms with Gasteiger partial charge in [-0.25, -0.2) is 13.1 Å². The third-order valence-electron chi connectivity index (χ3n) is 4.66. The lowest BCUT2D eigenvalue weighted by molar-refractivity contribution is -0.116. The number of amides is 1. The zero-order valence-corrected chi connectivity index (χ0v) is 17.4. The quantitative estimate of drug-likeness (QED) is 0.628. The van der Waals surface area contributed by atoms with Crippen LogP contribution in [0.15, 0.2) is 44.8 Å². The molecule has 1 aliphatic heterocycles. The molecule has 2 N–H and O–H groups in total. The molecule has 30 heavy (non-hydrogen) atoms. The topological polar surface area (TPSA) is 131 Å². The van der Waals surface area contributed by atoms with Gasteiger partial charge in [-0.15, -0.1) is 0 Å². The second-order valence-corrected chi connectivity index (χ2v) is 8.71. The molecule has 1 aromatic heterocycles. The van der Waals surface area contributed by atoms with Gasteiger partial charge in [-0.3, -0.25) is 19.5 Å². The highest BCUT2D eigenvalue weighted by molar-refractivity contribution is 7.89. The van der Waals surface area contributed by atoms with Crippen molar-refractivity contribution in [1.29, 1.82) is 0 Å². The molecule has 0 unspecified atom stereocenters. The predicted molar refractivity (Wildman–Crippen MR) is 110 cm³/mol. The number of anilines is 1. The average Bonchev–Trinajstić information content (AvgIpc) is 3.26. The van der Waals surface area contributed by atoms with Crippen molar-refractivity contribution in [2.45, 2.75) is 37.6 Å². The van der Waals surface area contributed by atoms with E-state index in [-0.39, 0.29) is 23.6 Å². The van der Waals surface area contributed by atoms with E-state index < -0.39 is 27.0 Å². The number of nitrogens with one attached hydrogen (secondary N) is 2. The number of benzene rings is 1. The summed E-state index contributed by atoms with van der Waals surface area (Å²) in [7, 11) is -3.74. The molecule has 1 aromatic carbocycles. The summed E-state index contributed by atoms with van der Waals surface area (Å²) in [6, 6.07) is 6.69. The maximum absolute atomic E-state index is 13.0. The van der Waals surface area contributed by atoms with E-state index in [0.29, 0.717) is 25.4 Å². The van der Waals surface area contributed by atoms with Gasteiger partial charge in [-0.1, -0.05) is 0 Å². The third-order valence-corrected chi connectivity index (χ3v) is 6.58. The fourth-order valence-electron chi connectivity index (χ4n) is 3.19. The minimum Gasteiger partial charge on any atom is -0.492 e. The number of nitrogens with zero attached hydrogens (tertiary/aromatic N) is 2. The van der Waals surface area contributed by atoms with Crippen LogP contribution < -0.4 is 21.2 Å². The maximum atomic E-state index is 13.0. The molecule has 0 spiro atoms. The van der Waals surface area contributed by atoms with E-state index in [2.05, 4.69) is 10.4 Å². The van der Waals surface area contributed by atoms with Crippen molar-refractivity contribution in [1.82, 2.24) is 14.1 Å². The van der Waals surface area contributed by atoms with Gasteiger partial charge in [-0.2, -0.15) is 4.31 Å². The van der Waals surface area contributed by atoms with Crippen molar-refractivity contribution >= 4 is 21.6 Å². The lowest BCUT2D eigenvalue weighted by Crippen LogP contribution is -2.29. The first-order valence-electron chi connectivity index (χ1n) is 9.68. The number of aromatic nitrogens is 2. The largest absolute Gasteiger partial charge is 0.492 e. The first kappa shape index (κ1) is 21.8. The van der Waals surface area contributed by atoms with Crippen LogP contribution >= 0.6 is 0 Å². The zero-order valence-electron chi connectivity index (χ0n) is 16.6. The van der Waals surface area contributed by atoms with Crippen molar-refractivity contribution in [3.8, 4) is 5.75 Å². The molecule has 162 valence electrons. The number of carbonyl (C=O) groups excluding carboxylic acids is 1. The second-order valence-electron chi connectivity index (χ2n) is 6.80. The van der Waals surface area contributed by atoms with Crippen molar-refractivity contribution in [3.63, 3.8) is 0 Å². The first-order valence-corrected chi connectivity index (χ1v) is 11.1. The Hall–Kier alpha value is -2.92. The second kappa shape index (κ2) is 9.26. The van der Waals surface area contributed by atoms with Crippen LogP contribution in [0.2, 0.25) is 0 Å². The Morgan fingerprint density at radius 3 is 2.60 bits per heavy atom. The molecular formula is C19H24N4O6S. The molecule has 0 radical (unpaired) electrons. The summed E-state index contributed by atoms with van der Waals surface area (Å²) >= 11 is 0. The van der Waals surface area contributed by atoms with Gasteiger partial charge >= 0.3 is 0 Å². The fraction of sp³-hybridized carbons (Fsp3) is 0.421. The predicted octanol–water partition coefficient (Wildman–Crippen LogP) is 0.749. The molecule has 0 aliphatic carbocycles. The SMILES string of the molecule is CCOc1ccc(NC(=O)CCn2[nH]c(=O)ccc2=O)cc1S(=O)(=O)N1CCCC1. The Morgan fingerprint density at radius 1 is 1.17 bits per heavy atom. The molecule has 1 aliphatic rings. The lowest BCUT2D eigenvalue weighted by atomic mass is 10.3. The van der Waals surface area contributed by atoms with Gasteiger partial charge in [0.2, 0.25) is 15.9 Å². The molecular weight excluding hydrogens is 412 g/mol. The molecule has 1 fully saturated rings. The summed E-state index contributed by atoms with van der Waals surface area (Å²) in [4.78, 5) is 35.3. The highest BCUT2D eigenvalue weighted by Crippen LogP contribution is 2.31. The van der Waals surface area contributed by atoms with E-state index in [9.17, 15) is 22.8 Å². The van der Waals surface area contributed by atoms with Crippen LogP contribution in [0.25, 0.3) is 0 Å². The molecule has 10 nitrogen and oxygen atoms in total. The Labute approximate surface area is 173 Å². The van der Waals surface area contributed by atoms with Gasteiger partial charge in [0.05, 0.1) is 13.2 Å². The highest BCUT2D eigenvalue weighted by atomic mass is 32.2. The van der Waals surface area contributed by atoms with E-state index >= 15 is 0 Å². The van der Waals surface area contributed by atoms with Crippen LogP contribution in [0.1, 0.15) is 26.2 Å². The van der Waals surface area contributed by atoms with Crippen molar-refractivity contribution in [2.24, 2.45) is 0 Å². The Morgan fingerprint density at radius 2 is 1.90 bits per heavy atom. The molecule has 2 aromatic rings. The number of rotatable bonds is 8. The van der Waals surface area contributed by atoms with Crippen molar-refractivity contribution in [2.75, 3.05) is 25.0 Å². The van der Waals surface area contributed by atoms with Gasteiger partial charge in [0.15, 0.2) is 0 Å². The van der Waals surface area contributed by atoms with Crippen LogP contribution in [0.4, 0.5) is 5.69 Å². The summed E-state index contributed by atoms with van der Waals surface area (Å²) < 4.78 is 34.0. The number of H-pyrrole nitrogens is 1. The summed E-state index contributed by atoms with van der Waals surface area (Å²) in [6.07, 6.45) is 1.53. The number of sulfonamides is 1. The first-order chi connectivity index (χ1) is 14.3. The standard InChI is InChI=1S/C19H24N4O6S/c1-2-29-15-6-5-14(13-16(15)30(27,28)22-10-3-4-11-22)20-17(24)9-12-23-19(26)8-7-18(25)21-23/h5-8,13H,2-4,9-12H2,1H3,(H,20,24)(H,21,25). The van der Waals surface area contributed by atoms with Crippen molar-refractivity contribution in [3.05, 3.63) is 51.0 Å². The Balaban J connectivity index is 1.77. The van der Waals surface area contributed by atoms with Crippen LogP contribution in [-0.4, -0.2) is 48.1 Å². The van der Waals surface area contributed by atoms with E-state index in [4.69, 9.17) is 4.74 Å². The molecule has 11 heteroatoms. The molecule has 1 saturated heterocycles. The molecule has 2 heterocycles.